The number of methoxy groups -OCH3 is 1. The van der Waals surface area contributed by atoms with Crippen molar-refractivity contribution in [3.8, 4) is 0 Å². The van der Waals surface area contributed by atoms with Crippen LogP contribution in [0.2, 0.25) is 0 Å². The zero-order chi connectivity index (χ0) is 15.8. The molecule has 3 N–H and O–H groups in total. The molecule has 1 saturated carbocycles. The predicted octanol–water partition coefficient (Wildman–Crippen LogP) is 4.19. The third kappa shape index (κ3) is 6.30. The van der Waals surface area contributed by atoms with Crippen molar-refractivity contribution in [2.24, 2.45) is 16.1 Å². The van der Waals surface area contributed by atoms with Crippen LogP contribution in [0.1, 0.15) is 44.6 Å². The first-order chi connectivity index (χ1) is 10.7. The van der Waals surface area contributed by atoms with Crippen LogP contribution in [0.5, 0.6) is 0 Å². The summed E-state index contributed by atoms with van der Waals surface area (Å²) in [6, 6.07) is 8.34. The number of rotatable bonds is 7. The van der Waals surface area contributed by atoms with Gasteiger partial charge in [-0.3, -0.25) is 4.99 Å². The Morgan fingerprint density at radius 3 is 2.48 bits per heavy atom. The predicted molar refractivity (Wildman–Crippen MR) is 109 cm³/mol. The van der Waals surface area contributed by atoms with Crippen LogP contribution in [0.3, 0.4) is 0 Å². The smallest absolute Gasteiger partial charge is 0.193 e. The SMILES string of the molecule is CCc1ccc(NC(N)=NCC2(CCOC)CCCC2)cc1.I. The number of halogens is 1. The molecule has 1 aromatic rings. The van der Waals surface area contributed by atoms with E-state index in [1.54, 1.807) is 7.11 Å². The quantitative estimate of drug-likeness (QED) is 0.387. The van der Waals surface area contributed by atoms with E-state index >= 15 is 0 Å². The van der Waals surface area contributed by atoms with Gasteiger partial charge >= 0.3 is 0 Å². The van der Waals surface area contributed by atoms with E-state index in [1.807, 2.05) is 0 Å². The van der Waals surface area contributed by atoms with E-state index in [9.17, 15) is 0 Å². The Balaban J connectivity index is 0.00000264. The third-order valence-electron chi connectivity index (χ3n) is 4.72. The van der Waals surface area contributed by atoms with Gasteiger partial charge in [-0.15, -0.1) is 24.0 Å². The molecule has 5 heteroatoms. The number of hydrogen-bond donors (Lipinski definition) is 2. The molecule has 0 radical (unpaired) electrons. The molecule has 0 atom stereocenters. The van der Waals surface area contributed by atoms with E-state index in [0.29, 0.717) is 5.96 Å². The molecule has 2 rings (SSSR count). The van der Waals surface area contributed by atoms with E-state index < -0.39 is 0 Å². The number of nitrogens with two attached hydrogens (primary N) is 1. The molecule has 130 valence electrons. The Morgan fingerprint density at radius 1 is 1.26 bits per heavy atom. The fourth-order valence-electron chi connectivity index (χ4n) is 3.19. The van der Waals surface area contributed by atoms with E-state index in [1.165, 1.54) is 31.2 Å². The number of guanidine groups is 1. The summed E-state index contributed by atoms with van der Waals surface area (Å²) < 4.78 is 5.26. The second-order valence-corrected chi connectivity index (χ2v) is 6.33. The summed E-state index contributed by atoms with van der Waals surface area (Å²) in [6.07, 6.45) is 7.18. The molecule has 0 aliphatic heterocycles. The lowest BCUT2D eigenvalue weighted by Crippen LogP contribution is -2.28. The van der Waals surface area contributed by atoms with Crippen molar-refractivity contribution < 1.29 is 4.74 Å². The number of benzene rings is 1. The van der Waals surface area contributed by atoms with Gasteiger partial charge in [0.05, 0.1) is 0 Å². The topological polar surface area (TPSA) is 59.6 Å². The zero-order valence-electron chi connectivity index (χ0n) is 14.3. The fourth-order valence-corrected chi connectivity index (χ4v) is 3.19. The van der Waals surface area contributed by atoms with E-state index in [-0.39, 0.29) is 29.4 Å². The second-order valence-electron chi connectivity index (χ2n) is 6.33. The van der Waals surface area contributed by atoms with E-state index in [2.05, 4.69) is 41.5 Å². The molecular weight excluding hydrogens is 401 g/mol. The Kier molecular flexibility index (Phi) is 8.91. The summed E-state index contributed by atoms with van der Waals surface area (Å²) in [5.41, 5.74) is 8.66. The van der Waals surface area contributed by atoms with Gasteiger partial charge in [0, 0.05) is 25.9 Å². The molecule has 23 heavy (non-hydrogen) atoms. The van der Waals surface area contributed by atoms with Crippen LogP contribution in [-0.4, -0.2) is 26.2 Å². The molecule has 1 aliphatic rings. The molecule has 0 aromatic heterocycles. The van der Waals surface area contributed by atoms with Crippen molar-refractivity contribution in [1.82, 2.24) is 0 Å². The first-order valence-electron chi connectivity index (χ1n) is 8.32. The summed E-state index contributed by atoms with van der Waals surface area (Å²) in [4.78, 5) is 4.60. The fraction of sp³-hybridized carbons (Fsp3) is 0.611. The second kappa shape index (κ2) is 10.1. The van der Waals surface area contributed by atoms with Crippen LogP contribution in [0.4, 0.5) is 5.69 Å². The van der Waals surface area contributed by atoms with Crippen LogP contribution in [0.25, 0.3) is 0 Å². The van der Waals surface area contributed by atoms with Gasteiger partial charge in [-0.1, -0.05) is 31.9 Å². The molecular formula is C18H30IN3O. The number of nitrogens with zero attached hydrogens (tertiary/aromatic N) is 1. The Labute approximate surface area is 157 Å². The van der Waals surface area contributed by atoms with Crippen molar-refractivity contribution >= 4 is 35.6 Å². The van der Waals surface area contributed by atoms with Crippen molar-refractivity contribution in [1.29, 1.82) is 0 Å². The maximum atomic E-state index is 6.05. The minimum atomic E-state index is 0. The monoisotopic (exact) mass is 431 g/mol. The maximum Gasteiger partial charge on any atom is 0.193 e. The molecule has 0 bridgehead atoms. The molecule has 0 saturated heterocycles. The van der Waals surface area contributed by atoms with Crippen molar-refractivity contribution in [2.75, 3.05) is 25.6 Å². The first-order valence-corrected chi connectivity index (χ1v) is 8.32. The average Bonchev–Trinajstić information content (AvgIpc) is 3.01. The lowest BCUT2D eigenvalue weighted by molar-refractivity contribution is 0.141. The first kappa shape index (κ1) is 20.2. The molecule has 0 unspecified atom stereocenters. The minimum absolute atomic E-state index is 0. The average molecular weight is 431 g/mol. The number of anilines is 1. The van der Waals surface area contributed by atoms with Crippen LogP contribution < -0.4 is 11.1 Å². The van der Waals surface area contributed by atoms with Gasteiger partial charge < -0.3 is 15.8 Å². The van der Waals surface area contributed by atoms with Gasteiger partial charge in [0.15, 0.2) is 5.96 Å². The number of hydrogen-bond acceptors (Lipinski definition) is 2. The van der Waals surface area contributed by atoms with Crippen LogP contribution in [0.15, 0.2) is 29.3 Å². The molecule has 4 nitrogen and oxygen atoms in total. The van der Waals surface area contributed by atoms with Gasteiger partial charge in [0.2, 0.25) is 0 Å². The Hall–Kier alpha value is -0.820. The lowest BCUT2D eigenvalue weighted by Gasteiger charge is -2.26. The summed E-state index contributed by atoms with van der Waals surface area (Å²) in [5.74, 6) is 0.507. The van der Waals surface area contributed by atoms with Crippen molar-refractivity contribution in [2.45, 2.75) is 45.4 Å². The highest BCUT2D eigenvalue weighted by atomic mass is 127. The number of ether oxygens (including phenoxy) is 1. The lowest BCUT2D eigenvalue weighted by atomic mass is 9.83. The molecule has 0 amide bonds. The van der Waals surface area contributed by atoms with Gasteiger partial charge in [-0.25, -0.2) is 0 Å². The highest BCUT2D eigenvalue weighted by molar-refractivity contribution is 14.0. The normalized spacial score (nSPS) is 16.9. The maximum absolute atomic E-state index is 6.05. The summed E-state index contributed by atoms with van der Waals surface area (Å²) in [5, 5.41) is 3.19. The summed E-state index contributed by atoms with van der Waals surface area (Å²) in [6.45, 7) is 3.75. The van der Waals surface area contributed by atoms with Gasteiger partial charge in [-0.2, -0.15) is 0 Å². The van der Waals surface area contributed by atoms with Gasteiger partial charge in [0.1, 0.15) is 0 Å². The standard InChI is InChI=1S/C18H29N3O.HI/c1-3-15-6-8-16(9-7-15)21-17(19)20-14-18(12-13-22-2)10-4-5-11-18;/h6-9H,3-5,10-14H2,1-2H3,(H3,19,20,21);1H. The highest BCUT2D eigenvalue weighted by Crippen LogP contribution is 2.41. The number of aliphatic imine (C=N–C) groups is 1. The largest absolute Gasteiger partial charge is 0.385 e. The Morgan fingerprint density at radius 2 is 1.91 bits per heavy atom. The minimum Gasteiger partial charge on any atom is -0.385 e. The van der Waals surface area contributed by atoms with Crippen molar-refractivity contribution in [3.05, 3.63) is 29.8 Å². The molecule has 0 heterocycles. The zero-order valence-corrected chi connectivity index (χ0v) is 16.6. The van der Waals surface area contributed by atoms with Crippen molar-refractivity contribution in [3.63, 3.8) is 0 Å². The van der Waals surface area contributed by atoms with Gasteiger partial charge in [0.25, 0.3) is 0 Å². The number of aryl methyl sites for hydroxylation is 1. The van der Waals surface area contributed by atoms with E-state index in [0.717, 1.165) is 31.7 Å². The number of nitrogens with one attached hydrogen (secondary N) is 1. The van der Waals surface area contributed by atoms with E-state index in [4.69, 9.17) is 10.5 Å². The van der Waals surface area contributed by atoms with Crippen LogP contribution in [0, 0.1) is 5.41 Å². The van der Waals surface area contributed by atoms with Gasteiger partial charge in [-0.05, 0) is 48.8 Å². The molecule has 0 spiro atoms. The van der Waals surface area contributed by atoms with Crippen LogP contribution in [-0.2, 0) is 11.2 Å². The summed E-state index contributed by atoms with van der Waals surface area (Å²) >= 11 is 0. The molecule has 1 aliphatic carbocycles. The Bertz CT molecular complexity index is 482. The summed E-state index contributed by atoms with van der Waals surface area (Å²) in [7, 11) is 1.77. The molecule has 1 fully saturated rings. The van der Waals surface area contributed by atoms with Crippen LogP contribution >= 0.6 is 24.0 Å². The molecule has 1 aromatic carbocycles. The third-order valence-corrected chi connectivity index (χ3v) is 4.72. The highest BCUT2D eigenvalue weighted by Gasteiger charge is 2.33.